The van der Waals surface area contributed by atoms with E-state index in [4.69, 9.17) is 0 Å². The minimum atomic E-state index is 0. The fourth-order valence-corrected chi connectivity index (χ4v) is 1.92. The maximum absolute atomic E-state index is 3.44. The van der Waals surface area contributed by atoms with Gasteiger partial charge in [-0.25, -0.2) is 17.2 Å². The van der Waals surface area contributed by atoms with E-state index in [0.717, 1.165) is 6.42 Å². The van der Waals surface area contributed by atoms with Gasteiger partial charge in [-0.2, -0.15) is 17.2 Å². The van der Waals surface area contributed by atoms with Crippen molar-refractivity contribution in [2.75, 3.05) is 0 Å². The Hall–Kier alpha value is 0.423. The van der Waals surface area contributed by atoms with Gasteiger partial charge in [0.05, 0.1) is 0 Å². The van der Waals surface area contributed by atoms with Crippen LogP contribution in [0.1, 0.15) is 48.0 Å². The topological polar surface area (TPSA) is 0 Å². The zero-order valence-electron chi connectivity index (χ0n) is 12.7. The molecule has 2 aliphatic rings. The molecule has 0 aliphatic heterocycles. The normalized spacial score (nSPS) is 18.2. The second-order valence-electron chi connectivity index (χ2n) is 5.09. The summed E-state index contributed by atoms with van der Waals surface area (Å²) in [5, 5.41) is 0. The molecule has 0 saturated carbocycles. The van der Waals surface area contributed by atoms with Crippen LogP contribution in [0.4, 0.5) is 0 Å². The molecule has 19 heavy (non-hydrogen) atoms. The van der Waals surface area contributed by atoms with Gasteiger partial charge in [0.2, 0.25) is 0 Å². The molecule has 0 heterocycles. The number of hydrogen-bond acceptors (Lipinski definition) is 0. The molecule has 0 atom stereocenters. The van der Waals surface area contributed by atoms with Crippen molar-refractivity contribution in [3.8, 4) is 0 Å². The van der Waals surface area contributed by atoms with E-state index in [1.54, 1.807) is 0 Å². The molecule has 0 amide bonds. The number of halogens is 2. The van der Waals surface area contributed by atoms with Crippen LogP contribution in [-0.4, -0.2) is 0 Å². The van der Waals surface area contributed by atoms with Crippen molar-refractivity contribution in [1.29, 1.82) is 0 Å². The van der Waals surface area contributed by atoms with Crippen molar-refractivity contribution in [2.24, 2.45) is 5.41 Å². The summed E-state index contributed by atoms with van der Waals surface area (Å²) in [6, 6.07) is 0. The van der Waals surface area contributed by atoms with Crippen molar-refractivity contribution >= 4 is 24.8 Å². The third kappa shape index (κ3) is 7.12. The van der Waals surface area contributed by atoms with Gasteiger partial charge in [-0.3, -0.25) is 12.2 Å². The second-order valence-corrected chi connectivity index (χ2v) is 5.09. The van der Waals surface area contributed by atoms with Gasteiger partial charge in [0.1, 0.15) is 0 Å². The van der Waals surface area contributed by atoms with Crippen molar-refractivity contribution in [2.45, 2.75) is 48.0 Å². The van der Waals surface area contributed by atoms with Crippen LogP contribution in [-0.2, 0) is 26.2 Å². The van der Waals surface area contributed by atoms with Crippen LogP contribution >= 0.6 is 24.8 Å². The maximum Gasteiger partial charge on any atom is 2.00 e. The molecule has 2 aliphatic carbocycles. The molecular formula is C16H24Cl2Zr. The summed E-state index contributed by atoms with van der Waals surface area (Å²) in [6.45, 7) is 13.0. The van der Waals surface area contributed by atoms with Crippen LogP contribution < -0.4 is 0 Å². The van der Waals surface area contributed by atoms with Gasteiger partial charge in [0.15, 0.2) is 0 Å². The van der Waals surface area contributed by atoms with Gasteiger partial charge >= 0.3 is 26.2 Å². The van der Waals surface area contributed by atoms with E-state index in [0.29, 0.717) is 0 Å². The molecule has 0 fully saturated rings. The first kappa shape index (κ1) is 24.4. The standard InChI is InChI=1S/C10H15.C6H7.2ClH.Zr/c1-7-6-10(4,5)9(3)8(7)2;1-6-4-2-3-5-6;;;/h1-5H3;2,4H,3H2,1H3;2*1H;/q2*-1;;;+2. The number of allylic oxidation sites excluding steroid dienone is 8. The maximum atomic E-state index is 3.44. The average molecular weight is 378 g/mol. The minimum Gasteiger partial charge on any atom is -0.270 e. The molecule has 106 valence electrons. The summed E-state index contributed by atoms with van der Waals surface area (Å²) >= 11 is 0. The first-order valence-electron chi connectivity index (χ1n) is 5.88. The quantitative estimate of drug-likeness (QED) is 0.478. The van der Waals surface area contributed by atoms with Crippen LogP contribution in [0.5, 0.6) is 0 Å². The molecule has 2 rings (SSSR count). The monoisotopic (exact) mass is 376 g/mol. The molecule has 0 aromatic rings. The van der Waals surface area contributed by atoms with Gasteiger partial charge in [0, 0.05) is 0 Å². The van der Waals surface area contributed by atoms with E-state index in [1.165, 1.54) is 22.3 Å². The van der Waals surface area contributed by atoms with E-state index in [2.05, 4.69) is 65.8 Å². The van der Waals surface area contributed by atoms with Crippen LogP contribution in [0, 0.1) is 17.6 Å². The first-order valence-corrected chi connectivity index (χ1v) is 5.88. The third-order valence-electron chi connectivity index (χ3n) is 3.43. The molecule has 0 spiro atoms. The number of hydrogen-bond donors (Lipinski definition) is 0. The summed E-state index contributed by atoms with van der Waals surface area (Å²) in [6.07, 6.45) is 11.8. The average Bonchev–Trinajstić information content (AvgIpc) is 2.72. The molecule has 0 nitrogen and oxygen atoms in total. The Morgan fingerprint density at radius 3 is 1.68 bits per heavy atom. The van der Waals surface area contributed by atoms with Gasteiger partial charge < -0.3 is 0 Å². The summed E-state index contributed by atoms with van der Waals surface area (Å²) in [4.78, 5) is 0. The smallest absolute Gasteiger partial charge is 0.270 e. The van der Waals surface area contributed by atoms with E-state index < -0.39 is 0 Å². The van der Waals surface area contributed by atoms with E-state index in [-0.39, 0.29) is 56.4 Å². The Morgan fingerprint density at radius 2 is 1.58 bits per heavy atom. The molecule has 0 unspecified atom stereocenters. The summed E-state index contributed by atoms with van der Waals surface area (Å²) in [5.74, 6) is 0. The van der Waals surface area contributed by atoms with E-state index >= 15 is 0 Å². The SMILES string of the molecule is CC1=[C-]C(C)(C)C(C)=C1C.CC1=[C-]CC=C1.Cl.Cl.[Zr+2]. The van der Waals surface area contributed by atoms with Gasteiger partial charge in [-0.15, -0.1) is 38.2 Å². The predicted octanol–water partition coefficient (Wildman–Crippen LogP) is 5.65. The fourth-order valence-electron chi connectivity index (χ4n) is 1.92. The number of rotatable bonds is 0. The van der Waals surface area contributed by atoms with Crippen LogP contribution in [0.2, 0.25) is 0 Å². The van der Waals surface area contributed by atoms with Gasteiger partial charge in [-0.1, -0.05) is 40.0 Å². The molecule has 0 saturated heterocycles. The predicted molar refractivity (Wildman–Crippen MR) is 85.3 cm³/mol. The Labute approximate surface area is 150 Å². The molecule has 0 N–H and O–H groups in total. The van der Waals surface area contributed by atoms with Crippen molar-refractivity contribution in [3.05, 3.63) is 46.6 Å². The molecule has 0 aromatic heterocycles. The second kappa shape index (κ2) is 10.2. The Bertz CT molecular complexity index is 396. The van der Waals surface area contributed by atoms with Crippen LogP contribution in [0.25, 0.3) is 0 Å². The Morgan fingerprint density at radius 1 is 1.05 bits per heavy atom. The fraction of sp³-hybridized carbons (Fsp3) is 0.500. The van der Waals surface area contributed by atoms with Crippen molar-refractivity contribution in [1.82, 2.24) is 0 Å². The largest absolute Gasteiger partial charge is 2.00 e. The molecule has 0 bridgehead atoms. The molecule has 3 heteroatoms. The van der Waals surface area contributed by atoms with E-state index in [1.807, 2.05) is 0 Å². The zero-order valence-corrected chi connectivity index (χ0v) is 16.8. The van der Waals surface area contributed by atoms with Gasteiger partial charge in [0.25, 0.3) is 0 Å². The van der Waals surface area contributed by atoms with Crippen molar-refractivity contribution in [3.63, 3.8) is 0 Å². The first-order chi connectivity index (χ1) is 7.34. The molecule has 0 radical (unpaired) electrons. The Balaban J connectivity index is -0.000000252. The summed E-state index contributed by atoms with van der Waals surface area (Å²) in [7, 11) is 0. The zero-order chi connectivity index (χ0) is 12.3. The Kier molecular flexibility index (Phi) is 13.1. The minimum absolute atomic E-state index is 0. The molecular weight excluding hydrogens is 354 g/mol. The van der Waals surface area contributed by atoms with Crippen LogP contribution in [0.15, 0.2) is 34.4 Å². The van der Waals surface area contributed by atoms with E-state index in [9.17, 15) is 0 Å². The van der Waals surface area contributed by atoms with Crippen LogP contribution in [0.3, 0.4) is 0 Å². The summed E-state index contributed by atoms with van der Waals surface area (Å²) < 4.78 is 0. The van der Waals surface area contributed by atoms with Gasteiger partial charge in [-0.05, 0) is 0 Å². The molecule has 0 aromatic carbocycles. The third-order valence-corrected chi connectivity index (χ3v) is 3.43. The summed E-state index contributed by atoms with van der Waals surface area (Å²) in [5.41, 5.74) is 5.67. The van der Waals surface area contributed by atoms with Crippen molar-refractivity contribution < 1.29 is 26.2 Å².